The van der Waals surface area contributed by atoms with Crippen LogP contribution in [0.2, 0.25) is 5.02 Å². The average Bonchev–Trinajstić information content (AvgIpc) is 2.75. The standard InChI is InChI=1S/C24H23ClN2O2/c1-17(27(2)23(28)16-20-11-6-7-14-22(20)25)19-12-8-13-21(15-19)26-24(29)18-9-4-3-5-10-18/h3-15,17H,16H2,1-2H3,(H,26,29)/t17-/m1/s1. The van der Waals surface area contributed by atoms with Crippen LogP contribution in [0.1, 0.15) is 34.5 Å². The molecule has 148 valence electrons. The maximum Gasteiger partial charge on any atom is 0.255 e. The maximum absolute atomic E-state index is 12.7. The molecule has 0 aliphatic rings. The van der Waals surface area contributed by atoms with Crippen molar-refractivity contribution in [1.82, 2.24) is 4.90 Å². The summed E-state index contributed by atoms with van der Waals surface area (Å²) in [5, 5.41) is 3.50. The molecule has 1 N–H and O–H groups in total. The third-order valence-corrected chi connectivity index (χ3v) is 5.31. The Labute approximate surface area is 176 Å². The minimum absolute atomic E-state index is 0.0238. The number of nitrogens with one attached hydrogen (secondary N) is 1. The van der Waals surface area contributed by atoms with Crippen LogP contribution in [-0.2, 0) is 11.2 Å². The van der Waals surface area contributed by atoms with E-state index in [0.29, 0.717) is 16.3 Å². The molecular formula is C24H23ClN2O2. The molecule has 0 spiro atoms. The highest BCUT2D eigenvalue weighted by atomic mass is 35.5. The average molecular weight is 407 g/mol. The number of carbonyl (C=O) groups is 2. The third kappa shape index (κ3) is 5.24. The van der Waals surface area contributed by atoms with E-state index in [1.54, 1.807) is 30.1 Å². The van der Waals surface area contributed by atoms with Gasteiger partial charge in [0.2, 0.25) is 5.91 Å². The van der Waals surface area contributed by atoms with Crippen molar-refractivity contribution < 1.29 is 9.59 Å². The molecule has 0 saturated heterocycles. The largest absolute Gasteiger partial charge is 0.339 e. The number of amides is 2. The van der Waals surface area contributed by atoms with Crippen LogP contribution in [0.3, 0.4) is 0 Å². The van der Waals surface area contributed by atoms with Gasteiger partial charge in [0.15, 0.2) is 0 Å². The van der Waals surface area contributed by atoms with Gasteiger partial charge >= 0.3 is 0 Å². The number of hydrogen-bond donors (Lipinski definition) is 1. The molecule has 29 heavy (non-hydrogen) atoms. The molecule has 0 saturated carbocycles. The van der Waals surface area contributed by atoms with Crippen LogP contribution in [0.15, 0.2) is 78.9 Å². The van der Waals surface area contributed by atoms with Crippen molar-refractivity contribution in [1.29, 1.82) is 0 Å². The van der Waals surface area contributed by atoms with Crippen LogP contribution in [0, 0.1) is 0 Å². The first-order valence-electron chi connectivity index (χ1n) is 9.41. The fraction of sp³-hybridized carbons (Fsp3) is 0.167. The summed E-state index contributed by atoms with van der Waals surface area (Å²) in [5.74, 6) is -0.192. The van der Waals surface area contributed by atoms with E-state index in [1.807, 2.05) is 67.6 Å². The monoisotopic (exact) mass is 406 g/mol. The van der Waals surface area contributed by atoms with Crippen LogP contribution in [-0.4, -0.2) is 23.8 Å². The number of likely N-dealkylation sites (N-methyl/N-ethyl adjacent to an activating group) is 1. The number of benzene rings is 3. The topological polar surface area (TPSA) is 49.4 Å². The second-order valence-corrected chi connectivity index (χ2v) is 7.30. The summed E-state index contributed by atoms with van der Waals surface area (Å²) in [4.78, 5) is 26.8. The molecule has 3 aromatic carbocycles. The molecule has 5 heteroatoms. The van der Waals surface area contributed by atoms with E-state index in [0.717, 1.165) is 11.1 Å². The molecule has 0 heterocycles. The van der Waals surface area contributed by atoms with Crippen molar-refractivity contribution >= 4 is 29.1 Å². The summed E-state index contributed by atoms with van der Waals surface area (Å²) in [6.45, 7) is 1.96. The smallest absolute Gasteiger partial charge is 0.255 e. The van der Waals surface area contributed by atoms with E-state index < -0.39 is 0 Å². The third-order valence-electron chi connectivity index (χ3n) is 4.94. The number of anilines is 1. The van der Waals surface area contributed by atoms with Gasteiger partial charge < -0.3 is 10.2 Å². The molecule has 0 fully saturated rings. The van der Waals surface area contributed by atoms with E-state index in [1.165, 1.54) is 0 Å². The number of nitrogens with zero attached hydrogens (tertiary/aromatic N) is 1. The Morgan fingerprint density at radius 1 is 0.966 bits per heavy atom. The highest BCUT2D eigenvalue weighted by molar-refractivity contribution is 6.31. The van der Waals surface area contributed by atoms with Gasteiger partial charge in [0.1, 0.15) is 0 Å². The van der Waals surface area contributed by atoms with Crippen molar-refractivity contribution in [2.24, 2.45) is 0 Å². The fourth-order valence-electron chi connectivity index (χ4n) is 3.04. The zero-order valence-corrected chi connectivity index (χ0v) is 17.2. The minimum atomic E-state index is -0.168. The number of carbonyl (C=O) groups excluding carboxylic acids is 2. The molecule has 1 atom stereocenters. The van der Waals surface area contributed by atoms with Gasteiger partial charge in [-0.2, -0.15) is 0 Å². The Balaban J connectivity index is 1.69. The molecule has 3 aromatic rings. The van der Waals surface area contributed by atoms with Crippen LogP contribution < -0.4 is 5.32 Å². The second-order valence-electron chi connectivity index (χ2n) is 6.89. The number of rotatable bonds is 6. The molecule has 0 aliphatic heterocycles. The first-order valence-corrected chi connectivity index (χ1v) is 9.79. The summed E-state index contributed by atoms with van der Waals surface area (Å²) in [6.07, 6.45) is 0.241. The lowest BCUT2D eigenvalue weighted by Gasteiger charge is -2.26. The van der Waals surface area contributed by atoms with Crippen molar-refractivity contribution in [2.45, 2.75) is 19.4 Å². The van der Waals surface area contributed by atoms with Crippen molar-refractivity contribution in [3.05, 3.63) is 101 Å². The molecule has 3 rings (SSSR count). The van der Waals surface area contributed by atoms with Gasteiger partial charge in [-0.15, -0.1) is 0 Å². The zero-order valence-electron chi connectivity index (χ0n) is 16.4. The van der Waals surface area contributed by atoms with Crippen molar-refractivity contribution in [2.75, 3.05) is 12.4 Å². The lowest BCUT2D eigenvalue weighted by Crippen LogP contribution is -2.31. The Kier molecular flexibility index (Phi) is 6.68. The van der Waals surface area contributed by atoms with E-state index in [9.17, 15) is 9.59 Å². The second kappa shape index (κ2) is 9.39. The molecule has 4 nitrogen and oxygen atoms in total. The number of hydrogen-bond acceptors (Lipinski definition) is 2. The fourth-order valence-corrected chi connectivity index (χ4v) is 3.24. The van der Waals surface area contributed by atoms with Crippen LogP contribution in [0.25, 0.3) is 0 Å². The van der Waals surface area contributed by atoms with Crippen LogP contribution in [0.5, 0.6) is 0 Å². The summed E-state index contributed by atoms with van der Waals surface area (Å²) in [7, 11) is 1.78. The van der Waals surface area contributed by atoms with Gasteiger partial charge in [-0.3, -0.25) is 9.59 Å². The SMILES string of the molecule is C[C@H](c1cccc(NC(=O)c2ccccc2)c1)N(C)C(=O)Cc1ccccc1Cl. The Bertz CT molecular complexity index is 1000. The molecule has 0 aliphatic carbocycles. The molecule has 2 amide bonds. The van der Waals surface area contributed by atoms with Crippen molar-refractivity contribution in [3.63, 3.8) is 0 Å². The Morgan fingerprint density at radius 2 is 1.66 bits per heavy atom. The number of halogens is 1. The van der Waals surface area contributed by atoms with E-state index >= 15 is 0 Å². The maximum atomic E-state index is 12.7. The normalized spacial score (nSPS) is 11.6. The molecule has 0 radical (unpaired) electrons. The minimum Gasteiger partial charge on any atom is -0.339 e. The quantitative estimate of drug-likeness (QED) is 0.599. The molecule has 0 bridgehead atoms. The van der Waals surface area contributed by atoms with Crippen molar-refractivity contribution in [3.8, 4) is 0 Å². The summed E-state index contributed by atoms with van der Waals surface area (Å²) in [5.41, 5.74) is 3.03. The predicted molar refractivity (Wildman–Crippen MR) is 117 cm³/mol. The van der Waals surface area contributed by atoms with Gasteiger partial charge in [0.25, 0.3) is 5.91 Å². The molecule has 0 unspecified atom stereocenters. The Morgan fingerprint density at radius 3 is 2.38 bits per heavy atom. The van der Waals surface area contributed by atoms with Gasteiger partial charge in [0, 0.05) is 23.3 Å². The summed E-state index contributed by atoms with van der Waals surface area (Å²) < 4.78 is 0. The highest BCUT2D eigenvalue weighted by Crippen LogP contribution is 2.24. The van der Waals surface area contributed by atoms with Gasteiger partial charge in [0.05, 0.1) is 12.5 Å². The summed E-state index contributed by atoms with van der Waals surface area (Å²) in [6, 6.07) is 23.8. The summed E-state index contributed by atoms with van der Waals surface area (Å²) >= 11 is 6.18. The lowest BCUT2D eigenvalue weighted by atomic mass is 10.0. The lowest BCUT2D eigenvalue weighted by molar-refractivity contribution is -0.131. The van der Waals surface area contributed by atoms with Crippen LogP contribution >= 0.6 is 11.6 Å². The predicted octanol–water partition coefficient (Wildman–Crippen LogP) is 5.35. The highest BCUT2D eigenvalue weighted by Gasteiger charge is 2.19. The van der Waals surface area contributed by atoms with Gasteiger partial charge in [-0.25, -0.2) is 0 Å². The van der Waals surface area contributed by atoms with E-state index in [4.69, 9.17) is 11.6 Å². The van der Waals surface area contributed by atoms with E-state index in [-0.39, 0.29) is 24.3 Å². The van der Waals surface area contributed by atoms with Gasteiger partial charge in [-0.1, -0.05) is 60.1 Å². The van der Waals surface area contributed by atoms with Gasteiger partial charge in [-0.05, 0) is 48.4 Å². The Hall–Kier alpha value is -3.11. The van der Waals surface area contributed by atoms with Crippen LogP contribution in [0.4, 0.5) is 5.69 Å². The first kappa shape index (κ1) is 20.6. The van der Waals surface area contributed by atoms with E-state index in [2.05, 4.69) is 5.32 Å². The first-order chi connectivity index (χ1) is 14.0. The molecular weight excluding hydrogens is 384 g/mol. The zero-order chi connectivity index (χ0) is 20.8. The molecule has 0 aromatic heterocycles.